The van der Waals surface area contributed by atoms with Gasteiger partial charge in [0.25, 0.3) is 0 Å². The van der Waals surface area contributed by atoms with Crippen molar-refractivity contribution < 1.29 is 146 Å². The van der Waals surface area contributed by atoms with Crippen molar-refractivity contribution in [2.45, 2.75) is 242 Å². The van der Waals surface area contributed by atoms with Crippen molar-refractivity contribution in [1.82, 2.24) is 85.1 Å². The van der Waals surface area contributed by atoms with Gasteiger partial charge in [0.1, 0.15) is 96.4 Å². The van der Waals surface area contributed by atoms with Crippen LogP contribution in [-0.4, -0.2) is 295 Å². The Hall–Kier alpha value is -14.1. The molecule has 2 aromatic rings. The summed E-state index contributed by atoms with van der Waals surface area (Å²) in [7, 11) is 0. The molecular weight excluding hydrogens is 1750 g/mol. The second-order valence-electron chi connectivity index (χ2n) is 31.3. The van der Waals surface area contributed by atoms with Crippen molar-refractivity contribution >= 4 is 136 Å². The summed E-state index contributed by atoms with van der Waals surface area (Å²) in [5, 5.41) is 104. The van der Waals surface area contributed by atoms with Crippen LogP contribution in [0.3, 0.4) is 0 Å². The molecule has 0 fully saturated rings. The number of aromatic hydroxyl groups is 1. The van der Waals surface area contributed by atoms with Crippen LogP contribution in [0.1, 0.15) is 149 Å². The predicted octanol–water partition coefficient (Wildman–Crippen LogP) is -10.3. The summed E-state index contributed by atoms with van der Waals surface area (Å²) in [6, 6.07) is -13.3. The number of amides is 19. The number of hydrogen-bond acceptors (Lipinski definition) is 28. The lowest BCUT2D eigenvalue weighted by molar-refractivity contribution is -0.143. The average Bonchev–Trinajstić information content (AvgIpc) is 0.856. The third-order valence-electron chi connectivity index (χ3n) is 20.3. The smallest absolute Gasteiger partial charge is 0.328 e. The highest BCUT2D eigenvalue weighted by atomic mass is 16.4. The maximum atomic E-state index is 14.7. The largest absolute Gasteiger partial charge is 0.508 e. The number of carbonyl (C=O) groups excluding carboxylic acids is 19. The van der Waals surface area contributed by atoms with E-state index >= 15 is 0 Å². The SMILES string of the molecule is CCC(C)C(NC(=O)C(CC(=O)O)NC(=O)CNC(=O)C(CCCCN)NC(=O)C(CCC(N)=O)NC(=O)C(Cc1ccccc1)NC(=O)C(CC(=O)O)NC(=O)C(CC(N)=O)NC(=O)C(NC(=O)C(NC(=O)C(CCC(N)=O)NC(=O)C(N)CO)C(C)CC)C(C)C)C(=O)NC(C)C(=O)NC(CCC(=O)O)C(=O)NCC(=O)NC(Cc1ccc(O)cc1)C(=O)NC(CO)C(=O)O. The number of nitrogens with two attached hydrogens (primary N) is 5. The third kappa shape index (κ3) is 42.4. The van der Waals surface area contributed by atoms with Crippen LogP contribution in [-0.2, 0) is 123 Å². The molecule has 0 aliphatic rings. The Morgan fingerprint density at radius 2 is 0.697 bits per heavy atom. The number of carboxylic acids is 4. The lowest BCUT2D eigenvalue weighted by Crippen LogP contribution is -2.62. The van der Waals surface area contributed by atoms with E-state index in [0.29, 0.717) is 11.1 Å². The molecule has 0 radical (unpaired) electrons. The number of benzene rings is 2. The van der Waals surface area contributed by atoms with Gasteiger partial charge in [0.15, 0.2) is 0 Å². The molecule has 0 aliphatic carbocycles. The lowest BCUT2D eigenvalue weighted by Gasteiger charge is -2.30. The Morgan fingerprint density at radius 3 is 1.14 bits per heavy atom. The van der Waals surface area contributed by atoms with Gasteiger partial charge < -0.3 is 149 Å². The third-order valence-corrected chi connectivity index (χ3v) is 20.3. The number of unbranched alkanes of at least 4 members (excludes halogenated alkanes) is 1. The zero-order valence-corrected chi connectivity index (χ0v) is 73.8. The molecular formula is C81H123N21O30. The zero-order valence-electron chi connectivity index (χ0n) is 73.8. The lowest BCUT2D eigenvalue weighted by atomic mass is 9.95. The highest BCUT2D eigenvalue weighted by Gasteiger charge is 2.41. The number of hydrogen-bond donors (Lipinski definition) is 28. The standard InChI is InChI=1S/C81H123N21O30/c1-8-39(5)65(79(129)89-41(7)67(117)92-47(24-27-61(111)112)70(120)88-34-59(109)90-50(30-43-18-20-44(105)21-19-43)73(123)99-55(37-104)81(131)132)102-77(127)53(32-62(113)114)91-60(110)35-87-69(119)46(17-13-14-28-82)94-71(121)48(22-25-56(84)106)95-74(124)51(29-42-15-11-10-12-16-42)96-76(126)54(33-63(115)116)97-75(125)52(31-58(86)108)98-78(128)64(38(3)4)100-80(130)66(40(6)9-2)101-72(122)49(23-26-57(85)107)93-68(118)45(83)36-103/h10-12,15-16,18-21,38-41,45-55,64-66,103-105H,8-9,13-14,17,22-37,82-83H2,1-7H3,(H2,84,106)(H2,85,107)(H2,86,108)(H,87,119)(H,88,120)(H,89,129)(H,90,109)(H,91,110)(H,92,117)(H,93,118)(H,94,121)(H,95,124)(H,96,126)(H,97,125)(H,98,128)(H,99,123)(H,100,130)(H,101,122)(H,102,127)(H,111,112)(H,113,114)(H,115,116)(H,131,132). The molecule has 17 unspecified atom stereocenters. The van der Waals surface area contributed by atoms with Crippen molar-refractivity contribution in [3.63, 3.8) is 0 Å². The maximum absolute atomic E-state index is 14.7. The number of phenols is 1. The van der Waals surface area contributed by atoms with Crippen LogP contribution in [0.25, 0.3) is 0 Å². The number of nitrogens with one attached hydrogen (secondary N) is 16. The van der Waals surface area contributed by atoms with E-state index in [1.54, 1.807) is 19.9 Å². The molecule has 0 spiro atoms. The van der Waals surface area contributed by atoms with E-state index in [2.05, 4.69) is 85.1 Å². The summed E-state index contributed by atoms with van der Waals surface area (Å²) in [6.07, 6.45) is -7.35. The van der Waals surface area contributed by atoms with Crippen LogP contribution < -0.4 is 114 Å². The highest BCUT2D eigenvalue weighted by Crippen LogP contribution is 2.17. The van der Waals surface area contributed by atoms with Gasteiger partial charge in [-0.2, -0.15) is 0 Å². The van der Waals surface area contributed by atoms with Gasteiger partial charge in [-0.3, -0.25) is 105 Å². The van der Waals surface area contributed by atoms with Gasteiger partial charge >= 0.3 is 23.9 Å². The number of phenolic OH excluding ortho intramolecular Hbond substituents is 1. The second kappa shape index (κ2) is 58.4. The second-order valence-corrected chi connectivity index (χ2v) is 31.3. The molecule has 0 aromatic heterocycles. The first kappa shape index (κ1) is 114. The van der Waals surface area contributed by atoms with Gasteiger partial charge in [0.05, 0.1) is 45.6 Å². The number of aliphatic hydroxyl groups excluding tert-OH is 2. The normalized spacial score (nSPS) is 14.8. The molecule has 0 saturated carbocycles. The summed E-state index contributed by atoms with van der Waals surface area (Å²) in [4.78, 5) is 307. The number of carboxylic acid groups (broad SMARTS) is 4. The summed E-state index contributed by atoms with van der Waals surface area (Å²) in [5.41, 5.74) is 28.3. The fourth-order valence-corrected chi connectivity index (χ4v) is 12.3. The van der Waals surface area contributed by atoms with Crippen molar-refractivity contribution in [3.8, 4) is 5.75 Å². The zero-order chi connectivity index (χ0) is 99.9. The first-order valence-corrected chi connectivity index (χ1v) is 42.0. The van der Waals surface area contributed by atoms with Crippen LogP contribution >= 0.6 is 0 Å². The van der Waals surface area contributed by atoms with Crippen molar-refractivity contribution in [2.75, 3.05) is 32.8 Å². The number of rotatable bonds is 63. The molecule has 132 heavy (non-hydrogen) atoms. The molecule has 2 aromatic carbocycles. The Kier molecular flexibility index (Phi) is 50.5. The van der Waals surface area contributed by atoms with E-state index in [-0.39, 0.29) is 57.2 Å². The van der Waals surface area contributed by atoms with Crippen LogP contribution in [0.2, 0.25) is 0 Å². The molecule has 33 N–H and O–H groups in total. The van der Waals surface area contributed by atoms with Gasteiger partial charge in [0.2, 0.25) is 112 Å². The Labute approximate surface area is 756 Å². The van der Waals surface area contributed by atoms with Crippen LogP contribution in [0.4, 0.5) is 0 Å². The number of carbonyl (C=O) groups is 23. The number of aliphatic hydroxyl groups is 2. The molecule has 51 heteroatoms. The number of primary amides is 3. The number of aliphatic carboxylic acids is 4. The molecule has 0 saturated heterocycles. The van der Waals surface area contributed by atoms with E-state index in [9.17, 15) is 146 Å². The van der Waals surface area contributed by atoms with Gasteiger partial charge in [-0.25, -0.2) is 4.79 Å². The molecule has 51 nitrogen and oxygen atoms in total. The quantitative estimate of drug-likeness (QED) is 0.0274. The van der Waals surface area contributed by atoms with Crippen molar-refractivity contribution in [1.29, 1.82) is 0 Å². The van der Waals surface area contributed by atoms with E-state index in [1.807, 2.05) is 0 Å². The van der Waals surface area contributed by atoms with E-state index in [4.69, 9.17) is 28.7 Å². The molecule has 19 amide bonds. The van der Waals surface area contributed by atoms with Crippen LogP contribution in [0.15, 0.2) is 54.6 Å². The predicted molar refractivity (Wildman–Crippen MR) is 459 cm³/mol. The van der Waals surface area contributed by atoms with Crippen molar-refractivity contribution in [2.24, 2.45) is 46.4 Å². The average molecular weight is 1870 g/mol. The Morgan fingerprint density at radius 1 is 0.341 bits per heavy atom. The van der Waals surface area contributed by atoms with E-state index < -0.39 is 329 Å². The summed E-state index contributed by atoms with van der Waals surface area (Å²) in [6.45, 7) is 6.36. The van der Waals surface area contributed by atoms with Gasteiger partial charge in [-0.1, -0.05) is 96.8 Å². The molecule has 732 valence electrons. The van der Waals surface area contributed by atoms with Crippen molar-refractivity contribution in [3.05, 3.63) is 65.7 Å². The fraction of sp³-hybridized carbons (Fsp3) is 0.568. The summed E-state index contributed by atoms with van der Waals surface area (Å²) < 4.78 is 0. The fourth-order valence-electron chi connectivity index (χ4n) is 12.3. The minimum atomic E-state index is -2.19. The summed E-state index contributed by atoms with van der Waals surface area (Å²) >= 11 is 0. The minimum absolute atomic E-state index is 0.0439. The Balaban J connectivity index is 2.45. The van der Waals surface area contributed by atoms with E-state index in [1.165, 1.54) is 76.2 Å². The molecule has 0 bridgehead atoms. The highest BCUT2D eigenvalue weighted by molar-refractivity contribution is 6.02. The molecule has 17 atom stereocenters. The molecule has 0 aliphatic heterocycles. The first-order chi connectivity index (χ1) is 62.0. The first-order valence-electron chi connectivity index (χ1n) is 42.0. The van der Waals surface area contributed by atoms with Gasteiger partial charge in [0, 0.05) is 32.1 Å². The minimum Gasteiger partial charge on any atom is -0.508 e. The van der Waals surface area contributed by atoms with Crippen LogP contribution in [0.5, 0.6) is 5.75 Å². The molecule has 2 rings (SSSR count). The van der Waals surface area contributed by atoms with Gasteiger partial charge in [-0.05, 0) is 93.0 Å². The van der Waals surface area contributed by atoms with Crippen LogP contribution in [0, 0.1) is 17.8 Å². The van der Waals surface area contributed by atoms with Gasteiger partial charge in [-0.15, -0.1) is 0 Å². The monoisotopic (exact) mass is 1870 g/mol. The maximum Gasteiger partial charge on any atom is 0.328 e. The topological polar surface area (TPSA) is 857 Å². The van der Waals surface area contributed by atoms with E-state index in [0.717, 1.165) is 6.92 Å². The molecule has 0 heterocycles. The summed E-state index contributed by atoms with van der Waals surface area (Å²) in [5.74, 6) is -31.0. The Bertz CT molecular complexity index is 4370.